The summed E-state index contributed by atoms with van der Waals surface area (Å²) in [6, 6.07) is 10.7. The van der Waals surface area contributed by atoms with Gasteiger partial charge in [0.15, 0.2) is 5.76 Å². The Hall–Kier alpha value is -3.41. The van der Waals surface area contributed by atoms with Gasteiger partial charge in [-0.2, -0.15) is 0 Å². The first-order valence-corrected chi connectivity index (χ1v) is 8.58. The van der Waals surface area contributed by atoms with Crippen LogP contribution in [0.4, 0.5) is 4.39 Å². The number of furan rings is 1. The second-order valence-corrected chi connectivity index (χ2v) is 6.45. The first-order chi connectivity index (χ1) is 13.0. The molecule has 0 atom stereocenters. The van der Waals surface area contributed by atoms with E-state index in [-0.39, 0.29) is 24.0 Å². The number of amides is 1. The van der Waals surface area contributed by atoms with Crippen LogP contribution in [0.1, 0.15) is 27.2 Å². The van der Waals surface area contributed by atoms with E-state index in [2.05, 4.69) is 10.3 Å². The number of halogens is 1. The van der Waals surface area contributed by atoms with Gasteiger partial charge < -0.3 is 14.3 Å². The molecule has 0 saturated heterocycles. The number of benzene rings is 2. The lowest BCUT2D eigenvalue weighted by atomic mass is 10.1. The molecule has 1 N–H and O–H groups in total. The Balaban J connectivity index is 1.52. The largest absolute Gasteiger partial charge is 0.450 e. The normalized spacial score (nSPS) is 11.1. The molecule has 0 spiro atoms. The van der Waals surface area contributed by atoms with E-state index < -0.39 is 0 Å². The van der Waals surface area contributed by atoms with E-state index in [4.69, 9.17) is 4.42 Å². The van der Waals surface area contributed by atoms with Crippen LogP contribution in [0.2, 0.25) is 0 Å². The molecule has 2 aromatic carbocycles. The number of carbonyl (C=O) groups is 1. The highest BCUT2D eigenvalue weighted by atomic mass is 19.1. The second kappa shape index (κ2) is 6.72. The van der Waals surface area contributed by atoms with Crippen molar-refractivity contribution in [3.63, 3.8) is 0 Å². The fraction of sp³-hybridized carbons (Fsp3) is 0.143. The summed E-state index contributed by atoms with van der Waals surface area (Å²) < 4.78 is 21.7. The maximum Gasteiger partial charge on any atom is 0.287 e. The highest BCUT2D eigenvalue weighted by Crippen LogP contribution is 2.27. The smallest absolute Gasteiger partial charge is 0.287 e. The fourth-order valence-corrected chi connectivity index (χ4v) is 3.13. The molecule has 27 heavy (non-hydrogen) atoms. The van der Waals surface area contributed by atoms with Gasteiger partial charge in [0.1, 0.15) is 11.4 Å². The van der Waals surface area contributed by atoms with E-state index in [9.17, 15) is 9.18 Å². The zero-order valence-electron chi connectivity index (χ0n) is 15.0. The maximum atomic E-state index is 14.3. The van der Waals surface area contributed by atoms with Crippen molar-refractivity contribution in [1.29, 1.82) is 0 Å². The van der Waals surface area contributed by atoms with Crippen LogP contribution in [0, 0.1) is 19.7 Å². The van der Waals surface area contributed by atoms with Gasteiger partial charge in [-0.05, 0) is 37.1 Å². The van der Waals surface area contributed by atoms with Gasteiger partial charge in [0.25, 0.3) is 5.91 Å². The van der Waals surface area contributed by atoms with Crippen LogP contribution in [0.5, 0.6) is 0 Å². The van der Waals surface area contributed by atoms with E-state index in [1.807, 2.05) is 32.0 Å². The number of nitrogens with zero attached hydrogens (tertiary/aromatic N) is 2. The third-order valence-corrected chi connectivity index (χ3v) is 4.61. The number of para-hydroxylation sites is 1. The summed E-state index contributed by atoms with van der Waals surface area (Å²) in [6.07, 6.45) is 4.80. The SMILES string of the molecule is Cc1c(C(=O)NCc2ccc(-n3ccnc3)c(F)c2)oc2c(C)cccc12. The average Bonchev–Trinajstić information content (AvgIpc) is 3.29. The lowest BCUT2D eigenvalue weighted by Crippen LogP contribution is -2.23. The van der Waals surface area contributed by atoms with Gasteiger partial charge in [0.05, 0.1) is 12.0 Å². The Morgan fingerprint density at radius 2 is 2.11 bits per heavy atom. The molecule has 136 valence electrons. The fourth-order valence-electron chi connectivity index (χ4n) is 3.13. The zero-order valence-corrected chi connectivity index (χ0v) is 15.0. The molecule has 0 aliphatic rings. The molecule has 1 amide bonds. The Kier molecular flexibility index (Phi) is 4.24. The number of carbonyl (C=O) groups excluding carboxylic acids is 1. The minimum atomic E-state index is -0.379. The summed E-state index contributed by atoms with van der Waals surface area (Å²) in [5, 5.41) is 3.73. The van der Waals surface area contributed by atoms with Crippen molar-refractivity contribution in [2.45, 2.75) is 20.4 Å². The van der Waals surface area contributed by atoms with Gasteiger partial charge in [-0.15, -0.1) is 0 Å². The van der Waals surface area contributed by atoms with Crippen molar-refractivity contribution in [2.24, 2.45) is 0 Å². The Labute approximate surface area is 155 Å². The number of imidazole rings is 1. The van der Waals surface area contributed by atoms with Crippen LogP contribution in [0.15, 0.2) is 59.5 Å². The highest BCUT2D eigenvalue weighted by Gasteiger charge is 2.18. The van der Waals surface area contributed by atoms with Crippen LogP contribution in [-0.4, -0.2) is 15.5 Å². The van der Waals surface area contributed by atoms with Gasteiger partial charge in [0.2, 0.25) is 0 Å². The van der Waals surface area contributed by atoms with Crippen LogP contribution >= 0.6 is 0 Å². The molecule has 0 aliphatic carbocycles. The number of hydrogen-bond donors (Lipinski definition) is 1. The molecule has 0 aliphatic heterocycles. The molecule has 0 unspecified atom stereocenters. The molecule has 6 heteroatoms. The number of hydrogen-bond acceptors (Lipinski definition) is 3. The maximum absolute atomic E-state index is 14.3. The quantitative estimate of drug-likeness (QED) is 0.588. The van der Waals surface area contributed by atoms with Crippen LogP contribution < -0.4 is 5.32 Å². The van der Waals surface area contributed by atoms with Crippen LogP contribution in [-0.2, 0) is 6.54 Å². The Morgan fingerprint density at radius 1 is 1.26 bits per heavy atom. The number of aryl methyl sites for hydroxylation is 2. The molecular weight excluding hydrogens is 345 g/mol. The molecule has 4 rings (SSSR count). The summed E-state index contributed by atoms with van der Waals surface area (Å²) in [5.41, 5.74) is 3.57. The monoisotopic (exact) mass is 363 g/mol. The second-order valence-electron chi connectivity index (χ2n) is 6.45. The van der Waals surface area contributed by atoms with Gasteiger partial charge in [-0.1, -0.05) is 24.3 Å². The molecule has 0 saturated carbocycles. The van der Waals surface area contributed by atoms with Crippen LogP contribution in [0.3, 0.4) is 0 Å². The molecule has 0 fully saturated rings. The van der Waals surface area contributed by atoms with Crippen molar-refractivity contribution >= 4 is 16.9 Å². The van der Waals surface area contributed by atoms with Crippen LogP contribution in [0.25, 0.3) is 16.7 Å². The van der Waals surface area contributed by atoms with Crippen molar-refractivity contribution in [1.82, 2.24) is 14.9 Å². The number of rotatable bonds is 4. The summed E-state index contributed by atoms with van der Waals surface area (Å²) >= 11 is 0. The molecule has 0 bridgehead atoms. The van der Waals surface area contributed by atoms with E-state index in [1.165, 1.54) is 12.4 Å². The van der Waals surface area contributed by atoms with E-state index in [0.717, 1.165) is 22.1 Å². The topological polar surface area (TPSA) is 60.1 Å². The van der Waals surface area contributed by atoms with Gasteiger partial charge >= 0.3 is 0 Å². The first-order valence-electron chi connectivity index (χ1n) is 8.58. The summed E-state index contributed by atoms with van der Waals surface area (Å²) in [6.45, 7) is 4.01. The molecule has 2 aromatic heterocycles. The average molecular weight is 363 g/mol. The molecule has 2 heterocycles. The predicted molar refractivity (Wildman–Crippen MR) is 100 cm³/mol. The summed E-state index contributed by atoms with van der Waals surface area (Å²) in [4.78, 5) is 16.5. The van der Waals surface area contributed by atoms with Gasteiger partial charge in [-0.25, -0.2) is 9.37 Å². The molecule has 4 aromatic rings. The van der Waals surface area contributed by atoms with Crippen molar-refractivity contribution in [2.75, 3.05) is 0 Å². The van der Waals surface area contributed by atoms with Gasteiger partial charge in [0, 0.05) is 29.9 Å². The number of aromatic nitrogens is 2. The minimum Gasteiger partial charge on any atom is -0.450 e. The van der Waals surface area contributed by atoms with Crippen molar-refractivity contribution < 1.29 is 13.6 Å². The lowest BCUT2D eigenvalue weighted by molar-refractivity contribution is 0.0924. The van der Waals surface area contributed by atoms with E-state index >= 15 is 0 Å². The predicted octanol–water partition coefficient (Wildman–Crippen LogP) is 4.30. The van der Waals surface area contributed by atoms with E-state index in [0.29, 0.717) is 11.3 Å². The lowest BCUT2D eigenvalue weighted by Gasteiger charge is -2.08. The third kappa shape index (κ3) is 3.10. The van der Waals surface area contributed by atoms with Crippen molar-refractivity contribution in [3.8, 4) is 5.69 Å². The molecule has 0 radical (unpaired) electrons. The third-order valence-electron chi connectivity index (χ3n) is 4.61. The van der Waals surface area contributed by atoms with E-state index in [1.54, 1.807) is 29.1 Å². The van der Waals surface area contributed by atoms with Crippen molar-refractivity contribution in [3.05, 3.63) is 83.4 Å². The Bertz CT molecular complexity index is 1130. The molecule has 5 nitrogen and oxygen atoms in total. The number of nitrogens with one attached hydrogen (secondary N) is 1. The Morgan fingerprint density at radius 3 is 2.81 bits per heavy atom. The van der Waals surface area contributed by atoms with Gasteiger partial charge in [-0.3, -0.25) is 4.79 Å². The number of fused-ring (bicyclic) bond motifs is 1. The molecular formula is C21H18FN3O2. The summed E-state index contributed by atoms with van der Waals surface area (Å²) in [5.74, 6) is -0.410. The standard InChI is InChI=1S/C21H18FN3O2/c1-13-4-3-5-16-14(2)20(27-19(13)16)21(26)24-11-15-6-7-18(17(22)10-15)25-9-8-23-12-25/h3-10,12H,11H2,1-2H3,(H,24,26). The highest BCUT2D eigenvalue weighted by molar-refractivity contribution is 5.99. The first kappa shape index (κ1) is 17.0. The zero-order chi connectivity index (χ0) is 19.0. The summed E-state index contributed by atoms with van der Waals surface area (Å²) in [7, 11) is 0. The minimum absolute atomic E-state index is 0.204.